The third-order valence-corrected chi connectivity index (χ3v) is 3.76. The summed E-state index contributed by atoms with van der Waals surface area (Å²) in [4.78, 5) is 8.14. The quantitative estimate of drug-likeness (QED) is 0.745. The minimum Gasteiger partial charge on any atom is -0.382 e. The van der Waals surface area contributed by atoms with Crippen LogP contribution in [0.4, 0.5) is 11.6 Å². The minimum absolute atomic E-state index is 0.149. The highest BCUT2D eigenvalue weighted by atomic mass is 79.9. The van der Waals surface area contributed by atoms with Gasteiger partial charge in [-0.1, -0.05) is 34.8 Å². The molecule has 0 aliphatic rings. The molecule has 0 aliphatic heterocycles. The van der Waals surface area contributed by atoms with Gasteiger partial charge in [0, 0.05) is 10.6 Å². The predicted molar refractivity (Wildman–Crippen MR) is 79.0 cm³/mol. The van der Waals surface area contributed by atoms with Gasteiger partial charge in [-0.3, -0.25) is 0 Å². The van der Waals surface area contributed by atoms with E-state index in [1.54, 1.807) is 6.07 Å². The lowest BCUT2D eigenvalue weighted by atomic mass is 10.1. The molecule has 0 amide bonds. The van der Waals surface area contributed by atoms with Crippen LogP contribution >= 0.6 is 50.7 Å². The van der Waals surface area contributed by atoms with E-state index in [0.29, 0.717) is 30.9 Å². The van der Waals surface area contributed by atoms with E-state index in [0.717, 1.165) is 0 Å². The van der Waals surface area contributed by atoms with E-state index in [1.165, 1.54) is 6.07 Å². The summed E-state index contributed by atoms with van der Waals surface area (Å²) in [5.41, 5.74) is 12.2. The summed E-state index contributed by atoms with van der Waals surface area (Å²) in [5, 5.41) is 1.04. The van der Waals surface area contributed by atoms with Gasteiger partial charge in [-0.2, -0.15) is 0 Å². The third kappa shape index (κ3) is 2.49. The second-order valence-electron chi connectivity index (χ2n) is 3.38. The van der Waals surface area contributed by atoms with Crippen molar-refractivity contribution in [2.24, 2.45) is 0 Å². The number of rotatable bonds is 1. The van der Waals surface area contributed by atoms with Crippen LogP contribution in [0.1, 0.15) is 0 Å². The van der Waals surface area contributed by atoms with Crippen LogP contribution in [-0.4, -0.2) is 9.97 Å². The van der Waals surface area contributed by atoms with E-state index in [2.05, 4.69) is 25.9 Å². The fourth-order valence-electron chi connectivity index (χ4n) is 1.37. The van der Waals surface area contributed by atoms with Crippen molar-refractivity contribution in [2.75, 3.05) is 11.5 Å². The number of benzene rings is 1. The maximum Gasteiger partial charge on any atom is 0.159 e. The second kappa shape index (κ2) is 5.09. The molecule has 4 nitrogen and oxygen atoms in total. The largest absolute Gasteiger partial charge is 0.382 e. The number of nitrogen functional groups attached to an aromatic ring is 2. The molecule has 1 heterocycles. The van der Waals surface area contributed by atoms with Crippen LogP contribution in [0.5, 0.6) is 0 Å². The van der Waals surface area contributed by atoms with Crippen molar-refractivity contribution in [1.82, 2.24) is 9.97 Å². The molecular formula is C10H6BrCl3N4. The molecule has 0 aliphatic carbocycles. The monoisotopic (exact) mass is 366 g/mol. The second-order valence-corrected chi connectivity index (χ2v) is 5.36. The van der Waals surface area contributed by atoms with Gasteiger partial charge in [0.25, 0.3) is 0 Å². The van der Waals surface area contributed by atoms with E-state index in [-0.39, 0.29) is 11.6 Å². The zero-order valence-corrected chi connectivity index (χ0v) is 12.6. The van der Waals surface area contributed by atoms with Crippen LogP contribution in [0.25, 0.3) is 11.3 Å². The molecule has 18 heavy (non-hydrogen) atoms. The van der Waals surface area contributed by atoms with E-state index >= 15 is 0 Å². The standard InChI is InChI=1S/C10H6BrCl3N4/c11-8-10(16)18-9(15)7(17-8)4-1-3(12)2-5(13)6(4)14/h1-2H,(H4,15,16,18). The molecule has 0 saturated heterocycles. The Labute approximate surface area is 126 Å². The lowest BCUT2D eigenvalue weighted by Crippen LogP contribution is -2.03. The molecule has 8 heteroatoms. The Kier molecular flexibility index (Phi) is 3.87. The zero-order chi connectivity index (χ0) is 13.4. The molecule has 0 fully saturated rings. The highest BCUT2D eigenvalue weighted by molar-refractivity contribution is 9.10. The van der Waals surface area contributed by atoms with Crippen LogP contribution in [-0.2, 0) is 0 Å². The van der Waals surface area contributed by atoms with Crippen molar-refractivity contribution >= 4 is 62.4 Å². The summed E-state index contributed by atoms with van der Waals surface area (Å²) < 4.78 is 0.374. The zero-order valence-electron chi connectivity index (χ0n) is 8.72. The Hall–Kier alpha value is -0.750. The average molecular weight is 368 g/mol. The number of anilines is 2. The maximum absolute atomic E-state index is 6.10. The first-order valence-electron chi connectivity index (χ1n) is 4.63. The maximum atomic E-state index is 6.10. The molecule has 0 bridgehead atoms. The number of aromatic nitrogens is 2. The van der Waals surface area contributed by atoms with Gasteiger partial charge in [-0.25, -0.2) is 9.97 Å². The fourth-order valence-corrected chi connectivity index (χ4v) is 2.33. The third-order valence-electron chi connectivity index (χ3n) is 2.15. The van der Waals surface area contributed by atoms with Crippen molar-refractivity contribution in [2.45, 2.75) is 0 Å². The molecule has 1 aromatic heterocycles. The first-order chi connectivity index (χ1) is 8.40. The number of hydrogen-bond donors (Lipinski definition) is 2. The lowest BCUT2D eigenvalue weighted by molar-refractivity contribution is 1.19. The van der Waals surface area contributed by atoms with Gasteiger partial charge in [-0.05, 0) is 28.1 Å². The topological polar surface area (TPSA) is 77.8 Å². The van der Waals surface area contributed by atoms with Crippen LogP contribution in [0.2, 0.25) is 15.1 Å². The van der Waals surface area contributed by atoms with Gasteiger partial charge in [0.15, 0.2) is 11.6 Å². The van der Waals surface area contributed by atoms with Gasteiger partial charge >= 0.3 is 0 Å². The average Bonchev–Trinajstić information content (AvgIpc) is 2.29. The Morgan fingerprint density at radius 2 is 1.67 bits per heavy atom. The summed E-state index contributed by atoms with van der Waals surface area (Å²) in [5.74, 6) is 0.344. The molecular weight excluding hydrogens is 362 g/mol. The van der Waals surface area contributed by atoms with Crippen molar-refractivity contribution in [1.29, 1.82) is 0 Å². The van der Waals surface area contributed by atoms with E-state index in [1.807, 2.05) is 0 Å². The van der Waals surface area contributed by atoms with Gasteiger partial charge in [0.05, 0.1) is 10.0 Å². The normalized spacial score (nSPS) is 10.7. The Bertz CT molecular complexity index is 633. The lowest BCUT2D eigenvalue weighted by Gasteiger charge is -2.09. The molecule has 0 radical (unpaired) electrons. The summed E-state index contributed by atoms with van der Waals surface area (Å²) >= 11 is 21.2. The molecule has 0 spiro atoms. The molecule has 0 saturated carbocycles. The summed E-state index contributed by atoms with van der Waals surface area (Å²) in [6, 6.07) is 3.14. The Morgan fingerprint density at radius 3 is 2.33 bits per heavy atom. The summed E-state index contributed by atoms with van der Waals surface area (Å²) in [7, 11) is 0. The van der Waals surface area contributed by atoms with Crippen molar-refractivity contribution < 1.29 is 0 Å². The smallest absolute Gasteiger partial charge is 0.159 e. The molecule has 2 aromatic rings. The first-order valence-corrected chi connectivity index (χ1v) is 6.56. The molecule has 0 unspecified atom stereocenters. The predicted octanol–water partition coefficient (Wildman–Crippen LogP) is 4.03. The SMILES string of the molecule is Nc1nc(N)c(-c2cc(Cl)cc(Cl)c2Cl)nc1Br. The molecule has 1 aromatic carbocycles. The van der Waals surface area contributed by atoms with Crippen LogP contribution in [0.15, 0.2) is 16.7 Å². The fraction of sp³-hybridized carbons (Fsp3) is 0. The number of nitrogens with zero attached hydrogens (tertiary/aromatic N) is 2. The summed E-state index contributed by atoms with van der Waals surface area (Å²) in [6.45, 7) is 0. The molecule has 94 valence electrons. The highest BCUT2D eigenvalue weighted by Crippen LogP contribution is 2.38. The van der Waals surface area contributed by atoms with Crippen LogP contribution in [0.3, 0.4) is 0 Å². The minimum atomic E-state index is 0.149. The van der Waals surface area contributed by atoms with Crippen LogP contribution in [0, 0.1) is 0 Å². The molecule has 0 atom stereocenters. The van der Waals surface area contributed by atoms with E-state index in [4.69, 9.17) is 46.3 Å². The van der Waals surface area contributed by atoms with Crippen molar-refractivity contribution in [3.05, 3.63) is 31.8 Å². The Morgan fingerprint density at radius 1 is 1.00 bits per heavy atom. The highest BCUT2D eigenvalue weighted by Gasteiger charge is 2.15. The van der Waals surface area contributed by atoms with E-state index in [9.17, 15) is 0 Å². The molecule has 4 N–H and O–H groups in total. The van der Waals surface area contributed by atoms with Gasteiger partial charge in [0.1, 0.15) is 10.3 Å². The number of nitrogens with two attached hydrogens (primary N) is 2. The van der Waals surface area contributed by atoms with Gasteiger partial charge < -0.3 is 11.5 Å². The van der Waals surface area contributed by atoms with Crippen molar-refractivity contribution in [3.63, 3.8) is 0 Å². The van der Waals surface area contributed by atoms with Crippen molar-refractivity contribution in [3.8, 4) is 11.3 Å². The summed E-state index contributed by atoms with van der Waals surface area (Å²) in [6.07, 6.45) is 0. The molecule has 2 rings (SSSR count). The first kappa shape index (κ1) is 13.7. The van der Waals surface area contributed by atoms with Gasteiger partial charge in [-0.15, -0.1) is 0 Å². The number of halogens is 4. The van der Waals surface area contributed by atoms with E-state index < -0.39 is 0 Å². The van der Waals surface area contributed by atoms with Crippen LogP contribution < -0.4 is 11.5 Å². The number of hydrogen-bond acceptors (Lipinski definition) is 4. The Balaban J connectivity index is 2.73. The van der Waals surface area contributed by atoms with Gasteiger partial charge in [0.2, 0.25) is 0 Å².